The maximum atomic E-state index is 5.91. The van der Waals surface area contributed by atoms with Crippen molar-refractivity contribution in [2.75, 3.05) is 13.1 Å². The van der Waals surface area contributed by atoms with Crippen molar-refractivity contribution in [1.82, 2.24) is 10.2 Å². The third-order valence-corrected chi connectivity index (χ3v) is 3.67. The fourth-order valence-electron chi connectivity index (χ4n) is 2.72. The van der Waals surface area contributed by atoms with E-state index in [0.29, 0.717) is 24.1 Å². The molecule has 0 atom stereocenters. The van der Waals surface area contributed by atoms with Crippen LogP contribution >= 0.6 is 0 Å². The van der Waals surface area contributed by atoms with E-state index in [2.05, 4.69) is 42.9 Å². The lowest BCUT2D eigenvalue weighted by molar-refractivity contribution is 0.181. The summed E-state index contributed by atoms with van der Waals surface area (Å²) in [5, 5.41) is 3.32. The molecular formula is C14H30N4. The Hall–Kier alpha value is -0.770. The van der Waals surface area contributed by atoms with E-state index in [9.17, 15) is 0 Å². The summed E-state index contributed by atoms with van der Waals surface area (Å²) in [7, 11) is 0. The maximum Gasteiger partial charge on any atom is 0.188 e. The van der Waals surface area contributed by atoms with E-state index in [1.807, 2.05) is 0 Å². The highest BCUT2D eigenvalue weighted by molar-refractivity contribution is 5.78. The monoisotopic (exact) mass is 254 g/mol. The summed E-state index contributed by atoms with van der Waals surface area (Å²) in [6.45, 7) is 10.7. The van der Waals surface area contributed by atoms with Crippen LogP contribution in [0.25, 0.3) is 0 Å². The molecule has 18 heavy (non-hydrogen) atoms. The van der Waals surface area contributed by atoms with Crippen LogP contribution in [0.4, 0.5) is 0 Å². The number of hydrogen-bond acceptors (Lipinski definition) is 2. The fourth-order valence-corrected chi connectivity index (χ4v) is 2.72. The molecule has 4 heteroatoms. The van der Waals surface area contributed by atoms with Gasteiger partial charge in [0.05, 0.1) is 6.54 Å². The Balaban J connectivity index is 2.28. The molecule has 0 unspecified atom stereocenters. The number of nitrogens with zero attached hydrogens (tertiary/aromatic N) is 2. The van der Waals surface area contributed by atoms with Gasteiger partial charge in [0.1, 0.15) is 0 Å². The minimum atomic E-state index is 0.556. The molecule has 0 heterocycles. The van der Waals surface area contributed by atoms with Gasteiger partial charge < -0.3 is 11.1 Å². The molecule has 0 radical (unpaired) electrons. The van der Waals surface area contributed by atoms with Gasteiger partial charge in [-0.3, -0.25) is 9.89 Å². The summed E-state index contributed by atoms with van der Waals surface area (Å²) >= 11 is 0. The summed E-state index contributed by atoms with van der Waals surface area (Å²) in [5.74, 6) is 0.620. The molecule has 0 saturated heterocycles. The Labute approximate surface area is 112 Å². The molecule has 3 N–H and O–H groups in total. The number of guanidine groups is 1. The molecule has 0 amide bonds. The van der Waals surface area contributed by atoms with Crippen LogP contribution in [0.5, 0.6) is 0 Å². The van der Waals surface area contributed by atoms with Crippen molar-refractivity contribution in [1.29, 1.82) is 0 Å². The van der Waals surface area contributed by atoms with Crippen molar-refractivity contribution >= 4 is 5.96 Å². The largest absolute Gasteiger partial charge is 0.370 e. The van der Waals surface area contributed by atoms with Crippen LogP contribution < -0.4 is 11.1 Å². The van der Waals surface area contributed by atoms with Gasteiger partial charge in [-0.1, -0.05) is 12.8 Å². The van der Waals surface area contributed by atoms with Crippen molar-refractivity contribution in [2.45, 2.75) is 71.5 Å². The molecule has 1 aliphatic rings. The SMILES string of the molecule is CC(C)N(CCN=C(N)NC1CCCC1)C(C)C. The fraction of sp³-hybridized carbons (Fsp3) is 0.929. The van der Waals surface area contributed by atoms with E-state index in [4.69, 9.17) is 5.73 Å². The van der Waals surface area contributed by atoms with Gasteiger partial charge in [0.15, 0.2) is 5.96 Å². The standard InChI is InChI=1S/C14H30N4/c1-11(2)18(12(3)4)10-9-16-14(15)17-13-7-5-6-8-13/h11-13H,5-10H2,1-4H3,(H3,15,16,17). The van der Waals surface area contributed by atoms with Gasteiger partial charge >= 0.3 is 0 Å². The second kappa shape index (κ2) is 7.62. The lowest BCUT2D eigenvalue weighted by atomic mass is 10.2. The Morgan fingerprint density at radius 1 is 1.22 bits per heavy atom. The molecular weight excluding hydrogens is 224 g/mol. The van der Waals surface area contributed by atoms with E-state index >= 15 is 0 Å². The number of nitrogens with one attached hydrogen (secondary N) is 1. The predicted octanol–water partition coefficient (Wildman–Crippen LogP) is 1.95. The Morgan fingerprint density at radius 2 is 1.78 bits per heavy atom. The third kappa shape index (κ3) is 5.25. The Kier molecular flexibility index (Phi) is 6.47. The van der Waals surface area contributed by atoms with Crippen molar-refractivity contribution in [3.8, 4) is 0 Å². The van der Waals surface area contributed by atoms with Crippen LogP contribution in [-0.2, 0) is 0 Å². The summed E-state index contributed by atoms with van der Waals surface area (Å²) in [6.07, 6.45) is 5.11. The van der Waals surface area contributed by atoms with Crippen LogP contribution in [-0.4, -0.2) is 42.1 Å². The van der Waals surface area contributed by atoms with Gasteiger partial charge in [0, 0.05) is 24.7 Å². The quantitative estimate of drug-likeness (QED) is 0.563. The van der Waals surface area contributed by atoms with E-state index in [1.54, 1.807) is 0 Å². The highest BCUT2D eigenvalue weighted by Crippen LogP contribution is 2.17. The predicted molar refractivity (Wildman–Crippen MR) is 78.9 cm³/mol. The summed E-state index contributed by atoms with van der Waals surface area (Å²) in [5.41, 5.74) is 5.91. The lowest BCUT2D eigenvalue weighted by Gasteiger charge is -2.29. The zero-order valence-electron chi connectivity index (χ0n) is 12.4. The first kappa shape index (κ1) is 15.3. The van der Waals surface area contributed by atoms with Gasteiger partial charge in [-0.15, -0.1) is 0 Å². The van der Waals surface area contributed by atoms with Gasteiger partial charge in [-0.2, -0.15) is 0 Å². The molecule has 0 bridgehead atoms. The molecule has 0 spiro atoms. The van der Waals surface area contributed by atoms with Crippen LogP contribution in [0.3, 0.4) is 0 Å². The number of nitrogens with two attached hydrogens (primary N) is 1. The van der Waals surface area contributed by atoms with Crippen molar-refractivity contribution in [2.24, 2.45) is 10.7 Å². The van der Waals surface area contributed by atoms with Crippen LogP contribution in [0.15, 0.2) is 4.99 Å². The topological polar surface area (TPSA) is 53.6 Å². The Bertz CT molecular complexity index is 247. The van der Waals surface area contributed by atoms with Crippen LogP contribution in [0.2, 0.25) is 0 Å². The second-order valence-electron chi connectivity index (χ2n) is 5.82. The molecule has 1 saturated carbocycles. The number of hydrogen-bond donors (Lipinski definition) is 2. The first-order valence-electron chi connectivity index (χ1n) is 7.33. The Morgan fingerprint density at radius 3 is 2.28 bits per heavy atom. The van der Waals surface area contributed by atoms with Crippen LogP contribution in [0, 0.1) is 0 Å². The summed E-state index contributed by atoms with van der Waals surface area (Å²) < 4.78 is 0. The maximum absolute atomic E-state index is 5.91. The molecule has 106 valence electrons. The highest BCUT2D eigenvalue weighted by atomic mass is 15.2. The molecule has 0 aromatic rings. The van der Waals surface area contributed by atoms with Gasteiger partial charge in [0.2, 0.25) is 0 Å². The smallest absolute Gasteiger partial charge is 0.188 e. The van der Waals surface area contributed by atoms with E-state index in [1.165, 1.54) is 25.7 Å². The summed E-state index contributed by atoms with van der Waals surface area (Å²) in [4.78, 5) is 6.87. The van der Waals surface area contributed by atoms with Gasteiger partial charge in [0.25, 0.3) is 0 Å². The van der Waals surface area contributed by atoms with Crippen LogP contribution in [0.1, 0.15) is 53.4 Å². The van der Waals surface area contributed by atoms with E-state index in [0.717, 1.165) is 13.1 Å². The van der Waals surface area contributed by atoms with Gasteiger partial charge in [-0.05, 0) is 40.5 Å². The third-order valence-electron chi connectivity index (χ3n) is 3.67. The highest BCUT2D eigenvalue weighted by Gasteiger charge is 2.15. The molecule has 0 aromatic heterocycles. The molecule has 4 nitrogen and oxygen atoms in total. The molecule has 1 aliphatic carbocycles. The second-order valence-corrected chi connectivity index (χ2v) is 5.82. The van der Waals surface area contributed by atoms with E-state index < -0.39 is 0 Å². The summed E-state index contributed by atoms with van der Waals surface area (Å²) in [6, 6.07) is 1.67. The average Bonchev–Trinajstić information content (AvgIpc) is 2.75. The van der Waals surface area contributed by atoms with E-state index in [-0.39, 0.29) is 0 Å². The zero-order chi connectivity index (χ0) is 13.5. The van der Waals surface area contributed by atoms with Gasteiger partial charge in [-0.25, -0.2) is 0 Å². The van der Waals surface area contributed by atoms with Crippen molar-refractivity contribution < 1.29 is 0 Å². The van der Waals surface area contributed by atoms with Crippen molar-refractivity contribution in [3.05, 3.63) is 0 Å². The lowest BCUT2D eigenvalue weighted by Crippen LogP contribution is -2.41. The first-order valence-corrected chi connectivity index (χ1v) is 7.33. The average molecular weight is 254 g/mol. The number of aliphatic imine (C=N–C) groups is 1. The molecule has 0 aromatic carbocycles. The number of rotatable bonds is 6. The minimum absolute atomic E-state index is 0.556. The molecule has 1 rings (SSSR count). The minimum Gasteiger partial charge on any atom is -0.370 e. The first-order chi connectivity index (χ1) is 8.50. The molecule has 1 fully saturated rings. The molecule has 0 aliphatic heterocycles. The zero-order valence-corrected chi connectivity index (χ0v) is 12.4. The normalized spacial score (nSPS) is 18.3. The van der Waals surface area contributed by atoms with Crippen molar-refractivity contribution in [3.63, 3.8) is 0 Å².